The lowest BCUT2D eigenvalue weighted by molar-refractivity contribution is -0.253. The lowest BCUT2D eigenvalue weighted by Gasteiger charge is -2.38. The molecule has 0 spiro atoms. The number of benzene rings is 2. The van der Waals surface area contributed by atoms with E-state index in [4.69, 9.17) is 0 Å². The standard InChI is InChI=1S/C23H22F9NO2S/c1-5-8-21(33-36(34)20(2,3)4,13-6-7-18(25)17(11-13)22(28,29)30)14-9-15(24)12-16(10-14)35-23(31,32)19(26)27/h5-7,9-12,19,33H,1,8H2,2-4H3/t21-,36?/m0/s1. The molecule has 2 atom stereocenters. The summed E-state index contributed by atoms with van der Waals surface area (Å²) in [5.41, 5.74) is -4.58. The molecule has 0 saturated heterocycles. The van der Waals surface area contributed by atoms with Crippen LogP contribution in [0, 0.1) is 11.6 Å². The van der Waals surface area contributed by atoms with Gasteiger partial charge in [-0.25, -0.2) is 8.78 Å². The second-order valence-electron chi connectivity index (χ2n) is 8.71. The summed E-state index contributed by atoms with van der Waals surface area (Å²) in [5.74, 6) is -3.98. The summed E-state index contributed by atoms with van der Waals surface area (Å²) in [4.78, 5) is 0. The minimum atomic E-state index is -5.15. The van der Waals surface area contributed by atoms with Gasteiger partial charge in [0, 0.05) is 17.4 Å². The molecule has 200 valence electrons. The number of halogens is 9. The summed E-state index contributed by atoms with van der Waals surface area (Å²) in [7, 11) is 0. The van der Waals surface area contributed by atoms with Crippen LogP contribution < -0.4 is 9.46 Å². The van der Waals surface area contributed by atoms with E-state index in [0.717, 1.165) is 12.1 Å². The molecule has 0 bridgehead atoms. The van der Waals surface area contributed by atoms with Crippen LogP contribution in [0.1, 0.15) is 43.9 Å². The Bertz CT molecular complexity index is 1090. The van der Waals surface area contributed by atoms with Crippen molar-refractivity contribution < 1.29 is 48.8 Å². The molecule has 0 fully saturated rings. The summed E-state index contributed by atoms with van der Waals surface area (Å²) in [6.07, 6.45) is -13.7. The molecule has 0 saturated carbocycles. The first-order chi connectivity index (χ1) is 16.3. The molecular weight excluding hydrogens is 525 g/mol. The molecule has 3 nitrogen and oxygen atoms in total. The minimum absolute atomic E-state index is 0.366. The molecule has 2 aromatic rings. The summed E-state index contributed by atoms with van der Waals surface area (Å²) < 4.78 is 140. The van der Waals surface area contributed by atoms with Gasteiger partial charge in [0.2, 0.25) is 0 Å². The Morgan fingerprint density at radius 3 is 2.11 bits per heavy atom. The molecular formula is C23H22F9NO2S. The first-order valence-electron chi connectivity index (χ1n) is 10.2. The van der Waals surface area contributed by atoms with E-state index in [1.165, 1.54) is 20.8 Å². The monoisotopic (exact) mass is 547 g/mol. The van der Waals surface area contributed by atoms with Crippen LogP contribution in [0.2, 0.25) is 0 Å². The maximum Gasteiger partial charge on any atom is 0.461 e. The van der Waals surface area contributed by atoms with Crippen LogP contribution in [-0.2, 0) is 23.1 Å². The molecule has 0 aliphatic heterocycles. The number of nitrogens with one attached hydrogen (secondary N) is 1. The van der Waals surface area contributed by atoms with Crippen molar-refractivity contribution in [3.8, 4) is 5.75 Å². The predicted molar refractivity (Wildman–Crippen MR) is 116 cm³/mol. The number of alkyl halides is 7. The smallest absolute Gasteiger partial charge is 0.461 e. The molecule has 2 aromatic carbocycles. The third-order valence-corrected chi connectivity index (χ3v) is 6.56. The normalized spacial score (nSPS) is 15.5. The van der Waals surface area contributed by atoms with Gasteiger partial charge in [-0.05, 0) is 62.6 Å². The average molecular weight is 547 g/mol. The summed E-state index contributed by atoms with van der Waals surface area (Å²) in [5, 5.41) is 0. The van der Waals surface area contributed by atoms with E-state index in [1.807, 2.05) is 0 Å². The molecule has 1 unspecified atom stereocenters. The highest BCUT2D eigenvalue weighted by Gasteiger charge is 2.46. The van der Waals surface area contributed by atoms with E-state index in [0.29, 0.717) is 30.3 Å². The Hall–Kier alpha value is -2.38. The van der Waals surface area contributed by atoms with Crippen molar-refractivity contribution in [1.29, 1.82) is 0 Å². The van der Waals surface area contributed by atoms with Crippen molar-refractivity contribution in [1.82, 2.24) is 4.72 Å². The van der Waals surface area contributed by atoms with E-state index in [2.05, 4.69) is 16.0 Å². The van der Waals surface area contributed by atoms with Gasteiger partial charge in [-0.2, -0.15) is 30.7 Å². The van der Waals surface area contributed by atoms with Crippen molar-refractivity contribution in [2.75, 3.05) is 0 Å². The largest absolute Gasteiger partial charge is 0.598 e. The van der Waals surface area contributed by atoms with Gasteiger partial charge in [0.05, 0.1) is 5.56 Å². The van der Waals surface area contributed by atoms with Gasteiger partial charge in [0.1, 0.15) is 27.7 Å². The molecule has 1 N–H and O–H groups in total. The topological polar surface area (TPSA) is 44.3 Å². The Kier molecular flexibility index (Phi) is 8.74. The van der Waals surface area contributed by atoms with Crippen LogP contribution in [0.15, 0.2) is 49.1 Å². The summed E-state index contributed by atoms with van der Waals surface area (Å²) >= 11 is -2.09. The van der Waals surface area contributed by atoms with E-state index in [9.17, 15) is 44.1 Å². The lowest BCUT2D eigenvalue weighted by Crippen LogP contribution is -2.52. The van der Waals surface area contributed by atoms with Crippen molar-refractivity contribution in [3.05, 3.63) is 77.4 Å². The van der Waals surface area contributed by atoms with Crippen molar-refractivity contribution >= 4 is 11.4 Å². The van der Waals surface area contributed by atoms with Gasteiger partial charge in [-0.15, -0.1) is 11.3 Å². The zero-order valence-corrected chi connectivity index (χ0v) is 20.0. The fourth-order valence-corrected chi connectivity index (χ4v) is 4.11. The summed E-state index contributed by atoms with van der Waals surface area (Å²) in [6, 6.07) is 3.54. The zero-order valence-electron chi connectivity index (χ0n) is 19.2. The first kappa shape index (κ1) is 29.8. The van der Waals surface area contributed by atoms with Gasteiger partial charge >= 0.3 is 18.7 Å². The van der Waals surface area contributed by atoms with Gasteiger partial charge in [-0.1, -0.05) is 12.1 Å². The molecule has 0 amide bonds. The minimum Gasteiger partial charge on any atom is -0.598 e. The third-order valence-electron chi connectivity index (χ3n) is 4.91. The quantitative estimate of drug-likeness (QED) is 0.207. The van der Waals surface area contributed by atoms with Crippen LogP contribution in [-0.4, -0.2) is 21.8 Å². The molecule has 36 heavy (non-hydrogen) atoms. The third kappa shape index (κ3) is 6.68. The fourth-order valence-electron chi connectivity index (χ4n) is 3.17. The number of ether oxygens (including phenoxy) is 1. The second-order valence-corrected chi connectivity index (χ2v) is 10.7. The van der Waals surface area contributed by atoms with Crippen LogP contribution in [0.25, 0.3) is 0 Å². The Morgan fingerprint density at radius 2 is 1.61 bits per heavy atom. The van der Waals surface area contributed by atoms with Gasteiger partial charge in [-0.3, -0.25) is 0 Å². The zero-order chi connectivity index (χ0) is 27.7. The highest BCUT2D eigenvalue weighted by molar-refractivity contribution is 7.90. The second kappa shape index (κ2) is 10.5. The molecule has 0 aliphatic rings. The molecule has 2 rings (SSSR count). The average Bonchev–Trinajstić information content (AvgIpc) is 2.71. The lowest BCUT2D eigenvalue weighted by atomic mass is 9.80. The summed E-state index contributed by atoms with van der Waals surface area (Å²) in [6.45, 7) is 8.01. The van der Waals surface area contributed by atoms with Gasteiger partial charge in [0.25, 0.3) is 0 Å². The van der Waals surface area contributed by atoms with Crippen molar-refractivity contribution in [2.24, 2.45) is 0 Å². The molecule has 0 heterocycles. The highest BCUT2D eigenvalue weighted by Crippen LogP contribution is 2.41. The highest BCUT2D eigenvalue weighted by atomic mass is 32.2. The predicted octanol–water partition coefficient (Wildman–Crippen LogP) is 7.09. The SMILES string of the molecule is C=CC[C@@](N[S+]([O-])C(C)(C)C)(c1cc(F)cc(OC(F)(F)C(F)F)c1)c1ccc(F)c(C(F)(F)F)c1. The van der Waals surface area contributed by atoms with E-state index >= 15 is 0 Å². The van der Waals surface area contributed by atoms with Crippen molar-refractivity contribution in [3.63, 3.8) is 0 Å². The first-order valence-corrected chi connectivity index (χ1v) is 11.3. The molecule has 13 heteroatoms. The maximum atomic E-state index is 14.5. The Labute approximate surface area is 204 Å². The van der Waals surface area contributed by atoms with E-state index < -0.39 is 75.3 Å². The van der Waals surface area contributed by atoms with Crippen LogP contribution in [0.5, 0.6) is 5.75 Å². The molecule has 0 aliphatic carbocycles. The maximum absolute atomic E-state index is 14.5. The van der Waals surface area contributed by atoms with Crippen LogP contribution in [0.3, 0.4) is 0 Å². The van der Waals surface area contributed by atoms with Gasteiger partial charge in [0.15, 0.2) is 0 Å². The molecule has 0 aromatic heterocycles. The van der Waals surface area contributed by atoms with Crippen molar-refractivity contribution in [2.45, 2.75) is 56.2 Å². The van der Waals surface area contributed by atoms with Gasteiger partial charge < -0.3 is 9.29 Å². The van der Waals surface area contributed by atoms with E-state index in [-0.39, 0.29) is 5.56 Å². The van der Waals surface area contributed by atoms with Crippen LogP contribution in [0.4, 0.5) is 39.5 Å². The number of hydrogen-bond donors (Lipinski definition) is 1. The Morgan fingerprint density at radius 1 is 1.00 bits per heavy atom. The fraction of sp³-hybridized carbons (Fsp3) is 0.391. The van der Waals surface area contributed by atoms with Crippen LogP contribution >= 0.6 is 0 Å². The Balaban J connectivity index is 2.88. The van der Waals surface area contributed by atoms with E-state index in [1.54, 1.807) is 0 Å². The number of hydrogen-bond acceptors (Lipinski definition) is 3. The molecule has 0 radical (unpaired) electrons. The number of rotatable bonds is 9.